The zero-order valence-electron chi connectivity index (χ0n) is 12.3. The van der Waals surface area contributed by atoms with Gasteiger partial charge in [-0.25, -0.2) is 9.78 Å². The Morgan fingerprint density at radius 3 is 2.68 bits per heavy atom. The third-order valence-corrected chi connectivity index (χ3v) is 3.67. The number of amides is 2. The Hall–Kier alpha value is -2.41. The maximum absolute atomic E-state index is 11.9. The topological polar surface area (TPSA) is 80.3 Å². The highest BCUT2D eigenvalue weighted by Crippen LogP contribution is 2.14. The molecular weight excluding hydrogens is 302 g/mol. The van der Waals surface area contributed by atoms with Gasteiger partial charge in [0, 0.05) is 5.38 Å². The Morgan fingerprint density at radius 1 is 1.32 bits per heavy atom. The summed E-state index contributed by atoms with van der Waals surface area (Å²) in [5, 5.41) is 7.46. The molecule has 0 aliphatic heterocycles. The molecule has 0 unspecified atom stereocenters. The fourth-order valence-electron chi connectivity index (χ4n) is 1.63. The molecule has 116 valence electrons. The highest BCUT2D eigenvalue weighted by atomic mass is 32.1. The number of aromatic nitrogens is 1. The number of carbonyl (C=O) groups excluding carboxylic acids is 2. The van der Waals surface area contributed by atoms with Crippen LogP contribution in [0.2, 0.25) is 0 Å². The lowest BCUT2D eigenvalue weighted by atomic mass is 10.2. The molecule has 0 saturated carbocycles. The monoisotopic (exact) mass is 319 g/mol. The van der Waals surface area contributed by atoms with Gasteiger partial charge in [-0.3, -0.25) is 4.79 Å². The number of anilines is 1. The van der Waals surface area contributed by atoms with Gasteiger partial charge in [-0.15, -0.1) is 11.3 Å². The number of nitrogens with zero attached hydrogens (tertiary/aromatic N) is 1. The zero-order chi connectivity index (χ0) is 15.9. The molecule has 0 aliphatic carbocycles. The molecule has 1 heterocycles. The summed E-state index contributed by atoms with van der Waals surface area (Å²) in [5.41, 5.74) is 1.72. The van der Waals surface area contributed by atoms with E-state index in [0.717, 1.165) is 11.3 Å². The number of carbonyl (C=O) groups is 2. The first-order valence-corrected chi connectivity index (χ1v) is 7.63. The van der Waals surface area contributed by atoms with Crippen LogP contribution in [0.25, 0.3) is 0 Å². The summed E-state index contributed by atoms with van der Waals surface area (Å²) in [6, 6.07) is 8.61. The second-order valence-corrected chi connectivity index (χ2v) is 5.57. The van der Waals surface area contributed by atoms with E-state index in [1.165, 1.54) is 11.3 Å². The van der Waals surface area contributed by atoms with Crippen LogP contribution in [0, 0.1) is 6.92 Å². The summed E-state index contributed by atoms with van der Waals surface area (Å²) in [7, 11) is 0. The Bertz CT molecular complexity index is 642. The number of thiazole rings is 1. The molecule has 2 amide bonds. The number of hydrogen-bond donors (Lipinski definition) is 2. The highest BCUT2D eigenvalue weighted by Gasteiger charge is 2.17. The first-order valence-electron chi connectivity index (χ1n) is 6.75. The summed E-state index contributed by atoms with van der Waals surface area (Å²) in [4.78, 5) is 27.7. The van der Waals surface area contributed by atoms with Crippen LogP contribution in [0.5, 0.6) is 0 Å². The third kappa shape index (κ3) is 4.85. The lowest BCUT2D eigenvalue weighted by molar-refractivity contribution is -0.117. The molecule has 0 saturated heterocycles. The second-order valence-electron chi connectivity index (χ2n) is 4.71. The van der Waals surface area contributed by atoms with E-state index in [2.05, 4.69) is 15.6 Å². The van der Waals surface area contributed by atoms with Crippen LogP contribution in [-0.4, -0.2) is 23.0 Å². The molecule has 0 spiro atoms. The van der Waals surface area contributed by atoms with Crippen molar-refractivity contribution in [2.45, 2.75) is 26.5 Å². The molecule has 2 rings (SSSR count). The van der Waals surface area contributed by atoms with Crippen molar-refractivity contribution >= 4 is 28.5 Å². The highest BCUT2D eigenvalue weighted by molar-refractivity contribution is 7.13. The Balaban J connectivity index is 1.76. The van der Waals surface area contributed by atoms with E-state index in [9.17, 15) is 9.59 Å². The van der Waals surface area contributed by atoms with E-state index in [0.29, 0.717) is 5.13 Å². The fraction of sp³-hybridized carbons (Fsp3) is 0.267. The van der Waals surface area contributed by atoms with Crippen LogP contribution >= 0.6 is 11.3 Å². The van der Waals surface area contributed by atoms with Crippen molar-refractivity contribution in [1.29, 1.82) is 0 Å². The Morgan fingerprint density at radius 2 is 2.05 bits per heavy atom. The summed E-state index contributed by atoms with van der Waals surface area (Å²) in [6.07, 6.45) is -0.637. The number of rotatable bonds is 5. The molecule has 7 heteroatoms. The van der Waals surface area contributed by atoms with E-state index in [4.69, 9.17) is 4.74 Å². The minimum absolute atomic E-state index is 0.159. The normalized spacial score (nSPS) is 11.5. The Kier molecular flexibility index (Phi) is 5.48. The molecule has 0 aliphatic rings. The molecule has 0 bridgehead atoms. The standard InChI is InChI=1S/C15H17N3O3S/c1-10-9-22-14(16-10)18-13(19)11(2)17-15(20)21-8-12-6-4-3-5-7-12/h3-7,9,11H,8H2,1-2H3,(H,17,20)(H,16,18,19)/t11-/m1/s1. The first-order chi connectivity index (χ1) is 10.5. The van der Waals surface area contributed by atoms with E-state index in [1.807, 2.05) is 42.6 Å². The lowest BCUT2D eigenvalue weighted by Crippen LogP contribution is -2.41. The van der Waals surface area contributed by atoms with Gasteiger partial charge in [0.25, 0.3) is 0 Å². The lowest BCUT2D eigenvalue weighted by Gasteiger charge is -2.13. The Labute approximate surface area is 132 Å². The summed E-state index contributed by atoms with van der Waals surface area (Å²) in [5.74, 6) is -0.342. The third-order valence-electron chi connectivity index (χ3n) is 2.79. The van der Waals surface area contributed by atoms with E-state index in [-0.39, 0.29) is 12.5 Å². The van der Waals surface area contributed by atoms with Crippen molar-refractivity contribution in [2.75, 3.05) is 5.32 Å². The number of ether oxygens (including phenoxy) is 1. The van der Waals surface area contributed by atoms with Crippen LogP contribution in [-0.2, 0) is 16.1 Å². The molecule has 1 aromatic carbocycles. The zero-order valence-corrected chi connectivity index (χ0v) is 13.1. The van der Waals surface area contributed by atoms with Gasteiger partial charge in [0.05, 0.1) is 5.69 Å². The van der Waals surface area contributed by atoms with E-state index < -0.39 is 12.1 Å². The van der Waals surface area contributed by atoms with Crippen molar-refractivity contribution < 1.29 is 14.3 Å². The molecular formula is C15H17N3O3S. The molecule has 1 atom stereocenters. The number of benzene rings is 1. The molecule has 0 radical (unpaired) electrons. The van der Waals surface area contributed by atoms with Gasteiger partial charge in [-0.1, -0.05) is 30.3 Å². The van der Waals surface area contributed by atoms with Crippen molar-refractivity contribution in [3.05, 3.63) is 47.0 Å². The number of alkyl carbamates (subject to hydrolysis) is 1. The minimum atomic E-state index is -0.715. The maximum Gasteiger partial charge on any atom is 0.408 e. The van der Waals surface area contributed by atoms with Crippen molar-refractivity contribution in [1.82, 2.24) is 10.3 Å². The van der Waals surface area contributed by atoms with Crippen LogP contribution in [0.1, 0.15) is 18.2 Å². The average Bonchev–Trinajstić information content (AvgIpc) is 2.91. The first kappa shape index (κ1) is 16.0. The van der Waals surface area contributed by atoms with Gasteiger partial charge in [0.1, 0.15) is 12.6 Å². The minimum Gasteiger partial charge on any atom is -0.445 e. The van der Waals surface area contributed by atoms with Crippen molar-refractivity contribution in [3.8, 4) is 0 Å². The van der Waals surface area contributed by atoms with Crippen LogP contribution in [0.3, 0.4) is 0 Å². The van der Waals surface area contributed by atoms with Gasteiger partial charge in [-0.05, 0) is 19.4 Å². The van der Waals surface area contributed by atoms with Gasteiger partial charge in [-0.2, -0.15) is 0 Å². The van der Waals surface area contributed by atoms with Gasteiger partial charge in [0.15, 0.2) is 5.13 Å². The smallest absolute Gasteiger partial charge is 0.408 e. The molecule has 2 N–H and O–H groups in total. The van der Waals surface area contributed by atoms with Gasteiger partial charge >= 0.3 is 6.09 Å². The van der Waals surface area contributed by atoms with Crippen LogP contribution < -0.4 is 10.6 Å². The SMILES string of the molecule is Cc1csc(NC(=O)[C@@H](C)NC(=O)OCc2ccccc2)n1. The number of nitrogens with one attached hydrogen (secondary N) is 2. The fourth-order valence-corrected chi connectivity index (χ4v) is 2.32. The van der Waals surface area contributed by atoms with Crippen LogP contribution in [0.15, 0.2) is 35.7 Å². The molecule has 0 fully saturated rings. The summed E-state index contributed by atoms with van der Waals surface area (Å²) < 4.78 is 5.06. The maximum atomic E-state index is 11.9. The molecule has 6 nitrogen and oxygen atoms in total. The number of hydrogen-bond acceptors (Lipinski definition) is 5. The molecule has 1 aromatic heterocycles. The number of aryl methyl sites for hydroxylation is 1. The predicted octanol–water partition coefficient (Wildman–Crippen LogP) is 2.70. The van der Waals surface area contributed by atoms with Gasteiger partial charge in [0.2, 0.25) is 5.91 Å². The largest absolute Gasteiger partial charge is 0.445 e. The van der Waals surface area contributed by atoms with Crippen LogP contribution in [0.4, 0.5) is 9.93 Å². The average molecular weight is 319 g/mol. The summed E-state index contributed by atoms with van der Waals surface area (Å²) in [6.45, 7) is 3.58. The molecule has 2 aromatic rings. The quantitative estimate of drug-likeness (QED) is 0.888. The van der Waals surface area contributed by atoms with E-state index in [1.54, 1.807) is 6.92 Å². The predicted molar refractivity (Wildman–Crippen MR) is 84.7 cm³/mol. The molecule has 22 heavy (non-hydrogen) atoms. The van der Waals surface area contributed by atoms with Gasteiger partial charge < -0.3 is 15.4 Å². The second kappa shape index (κ2) is 7.56. The van der Waals surface area contributed by atoms with E-state index >= 15 is 0 Å². The summed E-state index contributed by atoms with van der Waals surface area (Å²) >= 11 is 1.33. The van der Waals surface area contributed by atoms with Crippen molar-refractivity contribution in [2.24, 2.45) is 0 Å². The van der Waals surface area contributed by atoms with Crippen molar-refractivity contribution in [3.63, 3.8) is 0 Å².